The fourth-order valence-electron chi connectivity index (χ4n) is 3.15. The van der Waals surface area contributed by atoms with Gasteiger partial charge in [-0.1, -0.05) is 12.1 Å². The number of nitrogens with zero attached hydrogens (tertiary/aromatic N) is 1. The third-order valence-electron chi connectivity index (χ3n) is 4.42. The van der Waals surface area contributed by atoms with E-state index in [1.165, 1.54) is 14.0 Å². The summed E-state index contributed by atoms with van der Waals surface area (Å²) in [7, 11) is 1.30. The Kier molecular flexibility index (Phi) is 4.71. The van der Waals surface area contributed by atoms with Crippen molar-refractivity contribution in [2.24, 2.45) is 0 Å². The van der Waals surface area contributed by atoms with Crippen molar-refractivity contribution in [1.82, 2.24) is 9.88 Å². The van der Waals surface area contributed by atoms with E-state index in [4.69, 9.17) is 0 Å². The summed E-state index contributed by atoms with van der Waals surface area (Å²) in [6.45, 7) is 1.39. The Balaban J connectivity index is 1.86. The van der Waals surface area contributed by atoms with Gasteiger partial charge >= 0.3 is 5.97 Å². The predicted octanol–water partition coefficient (Wildman–Crippen LogP) is 2.12. The number of ether oxygens (including phenoxy) is 1. The molecule has 1 aliphatic rings. The molecule has 0 bridgehead atoms. The Morgan fingerprint density at radius 3 is 2.27 bits per heavy atom. The number of amides is 2. The van der Waals surface area contributed by atoms with E-state index in [0.717, 1.165) is 4.90 Å². The minimum Gasteiger partial charge on any atom is -0.469 e. The summed E-state index contributed by atoms with van der Waals surface area (Å²) in [6, 6.07) is 6.62. The van der Waals surface area contributed by atoms with E-state index in [9.17, 15) is 19.2 Å². The Morgan fingerprint density at radius 2 is 1.73 bits per heavy atom. The minimum absolute atomic E-state index is 0.0283. The van der Waals surface area contributed by atoms with E-state index in [2.05, 4.69) is 9.72 Å². The normalized spacial score (nSPS) is 13.1. The lowest BCUT2D eigenvalue weighted by Crippen LogP contribution is -2.30. The largest absolute Gasteiger partial charge is 0.469 e. The number of hydrogen-bond donors (Lipinski definition) is 1. The molecule has 1 N–H and O–H groups in total. The highest BCUT2D eigenvalue weighted by atomic mass is 16.5. The van der Waals surface area contributed by atoms with Gasteiger partial charge in [-0.3, -0.25) is 24.1 Å². The van der Waals surface area contributed by atoms with Crippen LogP contribution in [0.5, 0.6) is 0 Å². The van der Waals surface area contributed by atoms with Crippen LogP contribution in [0, 0.1) is 0 Å². The molecule has 2 amide bonds. The third-order valence-corrected chi connectivity index (χ3v) is 4.42. The number of fused-ring (bicyclic) bond motifs is 1. The number of aromatic amines is 1. The van der Waals surface area contributed by atoms with Crippen LogP contribution in [0.2, 0.25) is 0 Å². The number of nitrogens with one attached hydrogen (secondary N) is 1. The highest BCUT2D eigenvalue weighted by Crippen LogP contribution is 2.26. The van der Waals surface area contributed by atoms with Crippen molar-refractivity contribution >= 4 is 23.6 Å². The maximum Gasteiger partial charge on any atom is 0.305 e. The van der Waals surface area contributed by atoms with E-state index < -0.39 is 0 Å². The second kappa shape index (κ2) is 6.95. The number of esters is 1. The van der Waals surface area contributed by atoms with Crippen LogP contribution >= 0.6 is 0 Å². The summed E-state index contributed by atoms with van der Waals surface area (Å²) < 4.78 is 4.62. The number of benzene rings is 1. The first-order valence-electron chi connectivity index (χ1n) is 8.16. The number of rotatable bonds is 6. The van der Waals surface area contributed by atoms with E-state index in [1.807, 2.05) is 0 Å². The number of methoxy groups -OCH3 is 1. The standard InChI is InChI=1S/C19H18N2O5/c1-11(22)17-12(7-8-16(23)26-2)9-20-15(17)10-21-18(24)13-5-3-4-6-14(13)19(21)25/h3-6,9,20H,7-8,10H2,1-2H3. The lowest BCUT2D eigenvalue weighted by atomic mass is 10.0. The van der Waals surface area contributed by atoms with Crippen LogP contribution in [0.25, 0.3) is 0 Å². The molecule has 7 nitrogen and oxygen atoms in total. The molecule has 2 heterocycles. The first kappa shape index (κ1) is 17.6. The summed E-state index contributed by atoms with van der Waals surface area (Å²) in [5.74, 6) is -1.34. The van der Waals surface area contributed by atoms with Crippen LogP contribution in [0.1, 0.15) is 55.7 Å². The van der Waals surface area contributed by atoms with Crippen molar-refractivity contribution in [1.29, 1.82) is 0 Å². The third kappa shape index (κ3) is 3.03. The van der Waals surface area contributed by atoms with Gasteiger partial charge in [0.2, 0.25) is 0 Å². The number of imide groups is 1. The van der Waals surface area contributed by atoms with Crippen LogP contribution < -0.4 is 0 Å². The first-order valence-corrected chi connectivity index (χ1v) is 8.16. The van der Waals surface area contributed by atoms with E-state index in [-0.39, 0.29) is 36.5 Å². The number of carbonyl (C=O) groups excluding carboxylic acids is 4. The zero-order valence-corrected chi connectivity index (χ0v) is 14.5. The summed E-state index contributed by atoms with van der Waals surface area (Å²) in [4.78, 5) is 52.5. The molecular formula is C19H18N2O5. The number of hydrogen-bond acceptors (Lipinski definition) is 5. The van der Waals surface area contributed by atoms with Crippen molar-refractivity contribution in [2.45, 2.75) is 26.3 Å². The fourth-order valence-corrected chi connectivity index (χ4v) is 3.15. The molecule has 134 valence electrons. The van der Waals surface area contributed by atoms with Gasteiger partial charge in [-0.2, -0.15) is 0 Å². The second-order valence-electron chi connectivity index (χ2n) is 6.04. The van der Waals surface area contributed by atoms with Gasteiger partial charge in [-0.15, -0.1) is 0 Å². The molecule has 7 heteroatoms. The molecule has 26 heavy (non-hydrogen) atoms. The van der Waals surface area contributed by atoms with E-state index in [0.29, 0.717) is 34.4 Å². The average molecular weight is 354 g/mol. The van der Waals surface area contributed by atoms with Crippen molar-refractivity contribution < 1.29 is 23.9 Å². The van der Waals surface area contributed by atoms with E-state index in [1.54, 1.807) is 30.5 Å². The smallest absolute Gasteiger partial charge is 0.305 e. The van der Waals surface area contributed by atoms with Crippen LogP contribution in [-0.2, 0) is 22.5 Å². The van der Waals surface area contributed by atoms with Gasteiger partial charge in [0.25, 0.3) is 11.8 Å². The Bertz CT molecular complexity index is 877. The number of Topliss-reactive ketones (excluding diaryl/α,β-unsaturated/α-hetero) is 1. The lowest BCUT2D eigenvalue weighted by molar-refractivity contribution is -0.140. The highest BCUT2D eigenvalue weighted by Gasteiger charge is 2.36. The first-order chi connectivity index (χ1) is 12.4. The summed E-state index contributed by atoms with van der Waals surface area (Å²) in [6.07, 6.45) is 2.11. The molecule has 0 fully saturated rings. The topological polar surface area (TPSA) is 96.5 Å². The van der Waals surface area contributed by atoms with Crippen LogP contribution in [0.15, 0.2) is 30.5 Å². The van der Waals surface area contributed by atoms with Gasteiger partial charge in [-0.05, 0) is 31.0 Å². The quantitative estimate of drug-likeness (QED) is 0.487. The zero-order chi connectivity index (χ0) is 18.8. The van der Waals surface area contributed by atoms with Gasteiger partial charge in [-0.25, -0.2) is 0 Å². The molecule has 2 aromatic rings. The molecule has 1 aromatic carbocycles. The zero-order valence-electron chi connectivity index (χ0n) is 14.5. The number of aryl methyl sites for hydroxylation is 1. The molecule has 0 unspecified atom stereocenters. The van der Waals surface area contributed by atoms with Crippen molar-refractivity contribution in [3.05, 3.63) is 58.4 Å². The Labute approximate surface area is 149 Å². The lowest BCUT2D eigenvalue weighted by Gasteiger charge is -2.14. The molecule has 3 rings (SSSR count). The second-order valence-corrected chi connectivity index (χ2v) is 6.04. The summed E-state index contributed by atoms with van der Waals surface area (Å²) >= 11 is 0. The molecule has 1 aliphatic heterocycles. The monoisotopic (exact) mass is 354 g/mol. The van der Waals surface area contributed by atoms with Crippen LogP contribution in [0.4, 0.5) is 0 Å². The van der Waals surface area contributed by atoms with Crippen molar-refractivity contribution in [3.63, 3.8) is 0 Å². The number of ketones is 1. The SMILES string of the molecule is COC(=O)CCc1c[nH]c(CN2C(=O)c3ccccc3C2=O)c1C(C)=O. The van der Waals surface area contributed by atoms with E-state index >= 15 is 0 Å². The maximum absolute atomic E-state index is 12.5. The van der Waals surface area contributed by atoms with Gasteiger partial charge < -0.3 is 9.72 Å². The Morgan fingerprint density at radius 1 is 1.12 bits per heavy atom. The van der Waals surface area contributed by atoms with Crippen LogP contribution in [-0.4, -0.2) is 40.6 Å². The molecule has 0 radical (unpaired) electrons. The molecule has 0 saturated carbocycles. The minimum atomic E-state index is -0.384. The number of H-pyrrole nitrogens is 1. The molecule has 1 aromatic heterocycles. The Hall–Kier alpha value is -3.22. The molecular weight excluding hydrogens is 336 g/mol. The molecule has 0 aliphatic carbocycles. The summed E-state index contributed by atoms with van der Waals surface area (Å²) in [5.41, 5.74) is 2.27. The molecule has 0 saturated heterocycles. The maximum atomic E-state index is 12.5. The number of aromatic nitrogens is 1. The van der Waals surface area contributed by atoms with Gasteiger partial charge in [0, 0.05) is 23.9 Å². The van der Waals surface area contributed by atoms with Gasteiger partial charge in [0.15, 0.2) is 5.78 Å². The van der Waals surface area contributed by atoms with Crippen molar-refractivity contribution in [3.8, 4) is 0 Å². The highest BCUT2D eigenvalue weighted by molar-refractivity contribution is 6.21. The molecule has 0 spiro atoms. The van der Waals surface area contributed by atoms with Crippen LogP contribution in [0.3, 0.4) is 0 Å². The van der Waals surface area contributed by atoms with Gasteiger partial charge in [0.1, 0.15) is 0 Å². The fraction of sp³-hybridized carbons (Fsp3) is 0.263. The predicted molar refractivity (Wildman–Crippen MR) is 91.8 cm³/mol. The molecule has 0 atom stereocenters. The van der Waals surface area contributed by atoms with Crippen molar-refractivity contribution in [2.75, 3.05) is 7.11 Å². The number of carbonyl (C=O) groups is 4. The van der Waals surface area contributed by atoms with Gasteiger partial charge in [0.05, 0.1) is 24.8 Å². The average Bonchev–Trinajstić information content (AvgIpc) is 3.15. The summed E-state index contributed by atoms with van der Waals surface area (Å²) in [5, 5.41) is 0.